The number of rotatable bonds is 5. The first-order valence-corrected chi connectivity index (χ1v) is 18.8. The molecule has 0 aromatic heterocycles. The van der Waals surface area contributed by atoms with E-state index >= 15 is 0 Å². The van der Waals surface area contributed by atoms with Crippen molar-refractivity contribution in [1.82, 2.24) is 9.62 Å². The maximum absolute atomic E-state index is 4.87. The van der Waals surface area contributed by atoms with Crippen molar-refractivity contribution in [3.05, 3.63) is 228 Å². The summed E-state index contributed by atoms with van der Waals surface area (Å²) in [6.07, 6.45) is 12.9. The quantitative estimate of drug-likeness (QED) is 0.181. The van der Waals surface area contributed by atoms with Gasteiger partial charge < -0.3 is 5.32 Å². The summed E-state index contributed by atoms with van der Waals surface area (Å²) in [5.74, 6) is 0.878. The summed E-state index contributed by atoms with van der Waals surface area (Å²) in [6.45, 7) is 5.08. The molecule has 0 unspecified atom stereocenters. The number of hydrogen-bond acceptors (Lipinski definition) is 4. The number of amidine groups is 1. The van der Waals surface area contributed by atoms with Gasteiger partial charge in [0.2, 0.25) is 0 Å². The van der Waals surface area contributed by atoms with E-state index in [4.69, 9.17) is 4.99 Å². The molecule has 0 saturated carbocycles. The largest absolute Gasteiger partial charge is 0.387 e. The van der Waals surface area contributed by atoms with Crippen LogP contribution in [0.25, 0.3) is 39.1 Å². The molecule has 6 aromatic carbocycles. The fourth-order valence-electron chi connectivity index (χ4n) is 8.29. The smallest absolute Gasteiger partial charge is 0.143 e. The number of allylic oxidation sites excluding steroid dienone is 4. The normalized spacial score (nSPS) is 16.3. The highest BCUT2D eigenvalue weighted by atomic mass is 32.2. The first-order chi connectivity index (χ1) is 26.2. The Bertz CT molecular complexity index is 2570. The summed E-state index contributed by atoms with van der Waals surface area (Å²) in [7, 11) is 0. The molecule has 10 rings (SSSR count). The lowest BCUT2D eigenvalue weighted by Gasteiger charge is -2.34. The second-order valence-corrected chi connectivity index (χ2v) is 14.7. The molecule has 1 N–H and O–H groups in total. The van der Waals surface area contributed by atoms with Gasteiger partial charge in [-0.3, -0.25) is 4.31 Å². The molecule has 0 saturated heterocycles. The fraction of sp³-hybridized carbons (Fsp3) is 0.0408. The SMILES string of the molecule is C=C1N=C2C=CC(c3cccc(-c4ccc5c(c4)C(c4ccccc4)(c4ccccc4)c4cc(C6=CCNC=C6)ccc4-5)c3)=CN2Sc2ccccc21. The molecule has 3 nitrogen and oxygen atoms in total. The predicted octanol–water partition coefficient (Wildman–Crippen LogP) is 11.5. The average Bonchev–Trinajstić information content (AvgIpc) is 3.43. The summed E-state index contributed by atoms with van der Waals surface area (Å²) in [6, 6.07) is 53.5. The molecule has 0 fully saturated rings. The van der Waals surface area contributed by atoms with E-state index in [2.05, 4.69) is 186 Å². The summed E-state index contributed by atoms with van der Waals surface area (Å²) >= 11 is 1.68. The lowest BCUT2D eigenvalue weighted by molar-refractivity contribution is 0.768. The molecular formula is C49H35N3S. The van der Waals surface area contributed by atoms with E-state index in [1.165, 1.54) is 55.6 Å². The van der Waals surface area contributed by atoms with Crippen molar-refractivity contribution in [2.45, 2.75) is 10.3 Å². The van der Waals surface area contributed by atoms with Crippen molar-refractivity contribution in [3.63, 3.8) is 0 Å². The van der Waals surface area contributed by atoms with Crippen molar-refractivity contribution in [1.29, 1.82) is 0 Å². The van der Waals surface area contributed by atoms with Gasteiger partial charge in [0.1, 0.15) is 5.84 Å². The maximum atomic E-state index is 4.87. The highest BCUT2D eigenvalue weighted by Gasteiger charge is 2.46. The number of benzene rings is 6. The van der Waals surface area contributed by atoms with Crippen LogP contribution >= 0.6 is 11.9 Å². The van der Waals surface area contributed by atoms with Gasteiger partial charge in [0.15, 0.2) is 0 Å². The Morgan fingerprint density at radius 1 is 0.585 bits per heavy atom. The van der Waals surface area contributed by atoms with Crippen LogP contribution < -0.4 is 5.32 Å². The van der Waals surface area contributed by atoms with Crippen LogP contribution in [0.2, 0.25) is 0 Å². The number of nitrogens with zero attached hydrogens (tertiary/aromatic N) is 2. The van der Waals surface area contributed by atoms with Gasteiger partial charge in [-0.1, -0.05) is 134 Å². The molecular weight excluding hydrogens is 663 g/mol. The van der Waals surface area contributed by atoms with Gasteiger partial charge in [-0.05, 0) is 127 Å². The van der Waals surface area contributed by atoms with Crippen molar-refractivity contribution >= 4 is 34.6 Å². The molecule has 6 aromatic rings. The molecule has 1 aliphatic carbocycles. The first kappa shape index (κ1) is 31.4. The van der Waals surface area contributed by atoms with Crippen LogP contribution in [0.3, 0.4) is 0 Å². The molecule has 4 heteroatoms. The topological polar surface area (TPSA) is 27.6 Å². The van der Waals surface area contributed by atoms with E-state index in [9.17, 15) is 0 Å². The monoisotopic (exact) mass is 697 g/mol. The van der Waals surface area contributed by atoms with E-state index in [0.717, 1.165) is 39.7 Å². The number of aliphatic imine (C=N–C) groups is 1. The third-order valence-electron chi connectivity index (χ3n) is 10.8. The average molecular weight is 698 g/mol. The molecule has 3 heterocycles. The van der Waals surface area contributed by atoms with Crippen molar-refractivity contribution in [3.8, 4) is 22.3 Å². The Labute approximate surface area is 314 Å². The number of hydrogen-bond donors (Lipinski definition) is 1. The third-order valence-corrected chi connectivity index (χ3v) is 11.8. The van der Waals surface area contributed by atoms with Gasteiger partial charge in [0.05, 0.1) is 11.1 Å². The standard InChI is InChI=1S/C49H35N3S/c1-33-42-17-8-9-18-47(42)53-52-32-39(21-24-48(52)51-33)36-12-10-11-35(29-36)38-20-23-44-43-22-19-37(34-25-27-50-28-26-34)30-45(43)49(46(44)31-38,40-13-4-2-5-14-40)41-15-6-3-7-16-41/h2-27,29-32,50H,1,28H2. The molecule has 0 spiro atoms. The van der Waals surface area contributed by atoms with Gasteiger partial charge in [-0.15, -0.1) is 0 Å². The van der Waals surface area contributed by atoms with Gasteiger partial charge in [-0.2, -0.15) is 0 Å². The highest BCUT2D eigenvalue weighted by molar-refractivity contribution is 7.97. The molecule has 0 amide bonds. The van der Waals surface area contributed by atoms with Crippen LogP contribution in [-0.2, 0) is 5.41 Å². The molecule has 252 valence electrons. The zero-order chi connectivity index (χ0) is 35.4. The van der Waals surface area contributed by atoms with Crippen molar-refractivity contribution in [2.75, 3.05) is 6.54 Å². The van der Waals surface area contributed by atoms with Crippen LogP contribution in [0, 0.1) is 0 Å². The summed E-state index contributed by atoms with van der Waals surface area (Å²) in [4.78, 5) is 6.01. The van der Waals surface area contributed by atoms with Crippen LogP contribution in [0.1, 0.15) is 38.9 Å². The van der Waals surface area contributed by atoms with E-state index in [1.807, 2.05) is 12.3 Å². The number of nitrogens with one attached hydrogen (secondary N) is 1. The van der Waals surface area contributed by atoms with E-state index in [-0.39, 0.29) is 0 Å². The number of dihydropyridines is 1. The Hall–Kier alpha value is -6.36. The van der Waals surface area contributed by atoms with Crippen LogP contribution in [0.15, 0.2) is 199 Å². The minimum Gasteiger partial charge on any atom is -0.387 e. The summed E-state index contributed by atoms with van der Waals surface area (Å²) < 4.78 is 2.16. The van der Waals surface area contributed by atoms with Crippen LogP contribution in [0.5, 0.6) is 0 Å². The van der Waals surface area contributed by atoms with Crippen molar-refractivity contribution < 1.29 is 0 Å². The summed E-state index contributed by atoms with van der Waals surface area (Å²) in [5, 5.41) is 3.31. The fourth-order valence-corrected chi connectivity index (χ4v) is 9.28. The van der Waals surface area contributed by atoms with Gasteiger partial charge in [-0.25, -0.2) is 4.99 Å². The molecule has 0 radical (unpaired) electrons. The van der Waals surface area contributed by atoms with Crippen LogP contribution in [0.4, 0.5) is 0 Å². The molecule has 53 heavy (non-hydrogen) atoms. The maximum Gasteiger partial charge on any atom is 0.143 e. The lowest BCUT2D eigenvalue weighted by Crippen LogP contribution is -2.28. The Morgan fingerprint density at radius 2 is 1.23 bits per heavy atom. The van der Waals surface area contributed by atoms with E-state index in [0.29, 0.717) is 0 Å². The molecule has 0 bridgehead atoms. The van der Waals surface area contributed by atoms with Crippen LogP contribution in [-0.4, -0.2) is 16.7 Å². The van der Waals surface area contributed by atoms with Gasteiger partial charge in [0.25, 0.3) is 0 Å². The second-order valence-electron chi connectivity index (χ2n) is 13.7. The van der Waals surface area contributed by atoms with Gasteiger partial charge in [0, 0.05) is 23.2 Å². The molecule has 4 aliphatic rings. The first-order valence-electron chi connectivity index (χ1n) is 18.0. The van der Waals surface area contributed by atoms with E-state index in [1.54, 1.807) is 11.9 Å². The Balaban J connectivity index is 1.11. The zero-order valence-electron chi connectivity index (χ0n) is 29.0. The highest BCUT2D eigenvalue weighted by Crippen LogP contribution is 2.57. The second kappa shape index (κ2) is 12.7. The van der Waals surface area contributed by atoms with E-state index < -0.39 is 5.41 Å². The molecule has 3 aliphatic heterocycles. The minimum absolute atomic E-state index is 0.497. The Kier molecular flexibility index (Phi) is 7.52. The lowest BCUT2D eigenvalue weighted by atomic mass is 9.67. The predicted molar refractivity (Wildman–Crippen MR) is 222 cm³/mol. The zero-order valence-corrected chi connectivity index (χ0v) is 29.9. The molecule has 0 atom stereocenters. The number of fused-ring (bicyclic) bond motifs is 5. The third kappa shape index (κ3) is 5.17. The minimum atomic E-state index is -0.497. The van der Waals surface area contributed by atoms with Gasteiger partial charge >= 0.3 is 0 Å². The van der Waals surface area contributed by atoms with Crippen molar-refractivity contribution in [2.24, 2.45) is 4.99 Å². The summed E-state index contributed by atoms with van der Waals surface area (Å²) in [5.41, 5.74) is 16.2. The Morgan fingerprint density at radius 3 is 1.96 bits per heavy atom.